The molecular formula is C33H52N4O5. The summed E-state index contributed by atoms with van der Waals surface area (Å²) in [6, 6.07) is 7.76. The maximum absolute atomic E-state index is 13.6. The molecule has 0 aromatic heterocycles. The highest BCUT2D eigenvalue weighted by molar-refractivity contribution is 5.91. The summed E-state index contributed by atoms with van der Waals surface area (Å²) in [7, 11) is 5.59. The molecule has 1 aliphatic carbocycles. The lowest BCUT2D eigenvalue weighted by Gasteiger charge is -2.33. The Hall–Kier alpha value is -2.93. The Morgan fingerprint density at radius 1 is 1.00 bits per heavy atom. The van der Waals surface area contributed by atoms with E-state index >= 15 is 0 Å². The fraction of sp³-hybridized carbons (Fsp3) is 0.667. The lowest BCUT2D eigenvalue weighted by Crippen LogP contribution is -2.55. The van der Waals surface area contributed by atoms with Crippen LogP contribution in [0.15, 0.2) is 30.3 Å². The fourth-order valence-corrected chi connectivity index (χ4v) is 5.47. The molecule has 234 valence electrons. The van der Waals surface area contributed by atoms with Gasteiger partial charge in [-0.15, -0.1) is 12.3 Å². The average Bonchev–Trinajstić information content (AvgIpc) is 2.98. The third kappa shape index (κ3) is 12.1. The second-order valence-electron chi connectivity index (χ2n) is 12.0. The maximum Gasteiger partial charge on any atom is 0.243 e. The van der Waals surface area contributed by atoms with Crippen molar-refractivity contribution in [3.63, 3.8) is 0 Å². The van der Waals surface area contributed by atoms with Crippen LogP contribution in [-0.4, -0.2) is 96.3 Å². The van der Waals surface area contributed by atoms with Crippen LogP contribution >= 0.6 is 0 Å². The molecule has 0 saturated heterocycles. The molecule has 1 aliphatic rings. The summed E-state index contributed by atoms with van der Waals surface area (Å²) in [5.41, 5.74) is 0.906. The zero-order chi connectivity index (χ0) is 31.1. The number of carbonyl (C=O) groups excluding carboxylic acids is 3. The molecule has 0 spiro atoms. The van der Waals surface area contributed by atoms with Gasteiger partial charge in [-0.3, -0.25) is 14.4 Å². The zero-order valence-electron chi connectivity index (χ0n) is 25.9. The van der Waals surface area contributed by atoms with Crippen molar-refractivity contribution in [1.82, 2.24) is 20.4 Å². The van der Waals surface area contributed by atoms with Crippen molar-refractivity contribution in [3.8, 4) is 12.3 Å². The molecule has 5 atom stereocenters. The predicted octanol–water partition coefficient (Wildman–Crippen LogP) is 2.35. The number of aliphatic hydroxyl groups excluding tert-OH is 2. The fourth-order valence-electron chi connectivity index (χ4n) is 5.47. The Morgan fingerprint density at radius 3 is 2.26 bits per heavy atom. The summed E-state index contributed by atoms with van der Waals surface area (Å²) in [6.07, 6.45) is 10.1. The summed E-state index contributed by atoms with van der Waals surface area (Å²) >= 11 is 0. The topological polar surface area (TPSA) is 122 Å². The Bertz CT molecular complexity index is 1010. The first-order valence-electron chi connectivity index (χ1n) is 15.4. The van der Waals surface area contributed by atoms with Crippen molar-refractivity contribution in [2.75, 3.05) is 34.2 Å². The number of likely N-dealkylation sites (N-methyl/N-ethyl adjacent to an activating group) is 2. The number of nitrogens with one attached hydrogen (secondary N) is 2. The van der Waals surface area contributed by atoms with Crippen molar-refractivity contribution < 1.29 is 24.6 Å². The van der Waals surface area contributed by atoms with E-state index in [1.807, 2.05) is 49.3 Å². The molecule has 42 heavy (non-hydrogen) atoms. The first-order valence-corrected chi connectivity index (χ1v) is 15.4. The number of benzene rings is 1. The van der Waals surface area contributed by atoms with Crippen molar-refractivity contribution in [2.24, 2.45) is 11.8 Å². The number of rotatable bonds is 17. The van der Waals surface area contributed by atoms with E-state index in [2.05, 4.69) is 16.6 Å². The summed E-state index contributed by atoms with van der Waals surface area (Å²) in [4.78, 5) is 43.8. The van der Waals surface area contributed by atoms with Crippen LogP contribution in [0.1, 0.15) is 70.3 Å². The van der Waals surface area contributed by atoms with E-state index in [4.69, 9.17) is 6.42 Å². The molecule has 1 saturated carbocycles. The molecule has 0 heterocycles. The number of terminal acetylenes is 1. The molecule has 3 amide bonds. The van der Waals surface area contributed by atoms with Gasteiger partial charge in [0.1, 0.15) is 6.04 Å². The normalized spacial score (nSPS) is 17.4. The van der Waals surface area contributed by atoms with E-state index in [1.54, 1.807) is 18.9 Å². The van der Waals surface area contributed by atoms with Crippen LogP contribution in [0.2, 0.25) is 0 Å². The molecule has 1 aromatic rings. The van der Waals surface area contributed by atoms with Crippen LogP contribution in [0, 0.1) is 24.2 Å². The molecule has 0 aliphatic heterocycles. The lowest BCUT2D eigenvalue weighted by molar-refractivity contribution is -0.136. The molecule has 4 N–H and O–H groups in total. The summed E-state index contributed by atoms with van der Waals surface area (Å²) in [5.74, 6) is 1.02. The second kappa shape index (κ2) is 18.6. The van der Waals surface area contributed by atoms with Crippen molar-refractivity contribution >= 4 is 17.7 Å². The van der Waals surface area contributed by atoms with E-state index < -0.39 is 42.0 Å². The van der Waals surface area contributed by atoms with Crippen molar-refractivity contribution in [2.45, 2.75) is 95.4 Å². The summed E-state index contributed by atoms with van der Waals surface area (Å²) in [6.45, 7) is 3.01. The van der Waals surface area contributed by atoms with Gasteiger partial charge in [0.05, 0.1) is 24.2 Å². The van der Waals surface area contributed by atoms with E-state index in [1.165, 1.54) is 6.42 Å². The Morgan fingerprint density at radius 2 is 1.67 bits per heavy atom. The van der Waals surface area contributed by atoms with Crippen LogP contribution in [0.4, 0.5) is 0 Å². The molecule has 9 heteroatoms. The van der Waals surface area contributed by atoms with E-state index in [-0.39, 0.29) is 18.7 Å². The van der Waals surface area contributed by atoms with Gasteiger partial charge in [-0.25, -0.2) is 0 Å². The van der Waals surface area contributed by atoms with Crippen LogP contribution in [0.5, 0.6) is 0 Å². The predicted molar refractivity (Wildman–Crippen MR) is 165 cm³/mol. The van der Waals surface area contributed by atoms with Gasteiger partial charge in [0, 0.05) is 33.0 Å². The third-order valence-corrected chi connectivity index (χ3v) is 8.24. The summed E-state index contributed by atoms with van der Waals surface area (Å²) < 4.78 is 0. The van der Waals surface area contributed by atoms with Crippen molar-refractivity contribution in [3.05, 3.63) is 35.9 Å². The van der Waals surface area contributed by atoms with E-state index in [0.29, 0.717) is 38.3 Å². The molecule has 0 radical (unpaired) electrons. The van der Waals surface area contributed by atoms with Gasteiger partial charge in [-0.05, 0) is 44.8 Å². The average molecular weight is 585 g/mol. The quantitative estimate of drug-likeness (QED) is 0.209. The number of nitrogens with zero attached hydrogens (tertiary/aromatic N) is 2. The van der Waals surface area contributed by atoms with Gasteiger partial charge in [0.25, 0.3) is 0 Å². The smallest absolute Gasteiger partial charge is 0.243 e. The minimum Gasteiger partial charge on any atom is -0.390 e. The minimum absolute atomic E-state index is 0.0131. The third-order valence-electron chi connectivity index (χ3n) is 8.24. The van der Waals surface area contributed by atoms with Gasteiger partial charge in [0.15, 0.2) is 0 Å². The molecule has 9 nitrogen and oxygen atoms in total. The van der Waals surface area contributed by atoms with Gasteiger partial charge >= 0.3 is 0 Å². The Labute approximate surface area is 252 Å². The largest absolute Gasteiger partial charge is 0.390 e. The molecule has 2 rings (SSSR count). The highest BCUT2D eigenvalue weighted by atomic mass is 16.3. The van der Waals surface area contributed by atoms with Crippen LogP contribution in [0.25, 0.3) is 0 Å². The monoisotopic (exact) mass is 584 g/mol. The first-order chi connectivity index (χ1) is 20.0. The standard InChI is InChI=1S/C33H52N4O5/c1-6-14-27(33(42)35-28(31(40)29(38)7-2)22-25-17-12-9-13-18-25)34-32(41)26(21-24-15-10-8-11-16-24)23-30(39)37(5)20-19-36(3)4/h1,8,10-11,15-16,25-29,31,38,40H,7,9,12-14,17-23H2,2-5H3,(H,34,41)(H,35,42)/t26?,27-,28?,29?,31+/m0/s1. The van der Waals surface area contributed by atoms with Gasteiger partial charge in [-0.2, -0.15) is 0 Å². The van der Waals surface area contributed by atoms with Crippen LogP contribution in [-0.2, 0) is 20.8 Å². The molecule has 1 aromatic carbocycles. The van der Waals surface area contributed by atoms with Crippen molar-refractivity contribution in [1.29, 1.82) is 0 Å². The summed E-state index contributed by atoms with van der Waals surface area (Å²) in [5, 5.41) is 27.0. The Balaban J connectivity index is 2.19. The van der Waals surface area contributed by atoms with E-state index in [9.17, 15) is 24.6 Å². The van der Waals surface area contributed by atoms with E-state index in [0.717, 1.165) is 31.2 Å². The van der Waals surface area contributed by atoms with Gasteiger partial charge in [-0.1, -0.05) is 69.4 Å². The molecule has 3 unspecified atom stereocenters. The minimum atomic E-state index is -1.13. The highest BCUT2D eigenvalue weighted by Crippen LogP contribution is 2.28. The number of amides is 3. The molecule has 1 fully saturated rings. The highest BCUT2D eigenvalue weighted by Gasteiger charge is 2.33. The Kier molecular flexibility index (Phi) is 15.6. The number of hydrogen-bond acceptors (Lipinski definition) is 6. The lowest BCUT2D eigenvalue weighted by atomic mass is 9.82. The number of carbonyl (C=O) groups is 3. The van der Waals surface area contributed by atoms with Crippen LogP contribution in [0.3, 0.4) is 0 Å². The number of hydrogen-bond donors (Lipinski definition) is 4. The zero-order valence-corrected chi connectivity index (χ0v) is 25.9. The van der Waals surface area contributed by atoms with Gasteiger partial charge in [0.2, 0.25) is 17.7 Å². The molecular weight excluding hydrogens is 532 g/mol. The number of aliphatic hydroxyl groups is 2. The second-order valence-corrected chi connectivity index (χ2v) is 12.0. The maximum atomic E-state index is 13.6. The van der Waals surface area contributed by atoms with Gasteiger partial charge < -0.3 is 30.6 Å². The van der Waals surface area contributed by atoms with Crippen LogP contribution < -0.4 is 10.6 Å². The first kappa shape index (κ1) is 35.3. The SMILES string of the molecule is C#CC[C@H](NC(=O)C(CC(=O)N(C)CCN(C)C)Cc1ccccc1)C(=O)NC(CC1CCCCC1)[C@@H](O)C(O)CC. The molecule has 0 bridgehead atoms.